The van der Waals surface area contributed by atoms with E-state index in [1.165, 1.54) is 17.9 Å². The van der Waals surface area contributed by atoms with Gasteiger partial charge in [-0.15, -0.1) is 0 Å². The minimum absolute atomic E-state index is 0.00261. The van der Waals surface area contributed by atoms with Crippen molar-refractivity contribution in [2.75, 3.05) is 38.1 Å². The molecule has 27 heavy (non-hydrogen) atoms. The van der Waals surface area contributed by atoms with Crippen molar-refractivity contribution in [3.05, 3.63) is 35.9 Å². The van der Waals surface area contributed by atoms with E-state index >= 15 is 0 Å². The van der Waals surface area contributed by atoms with Crippen molar-refractivity contribution in [3.63, 3.8) is 0 Å². The lowest BCUT2D eigenvalue weighted by atomic mass is 10.2. The Morgan fingerprint density at radius 2 is 1.85 bits per heavy atom. The van der Waals surface area contributed by atoms with Crippen LogP contribution in [0.2, 0.25) is 0 Å². The van der Waals surface area contributed by atoms with Crippen molar-refractivity contribution in [3.8, 4) is 0 Å². The number of hydrogen-bond acceptors (Lipinski definition) is 5. The highest BCUT2D eigenvalue weighted by Gasteiger charge is 2.37. The third-order valence-electron chi connectivity index (χ3n) is 4.24. The van der Waals surface area contributed by atoms with Crippen LogP contribution in [0.15, 0.2) is 29.6 Å². The van der Waals surface area contributed by atoms with Crippen LogP contribution < -0.4 is 10.2 Å². The first-order chi connectivity index (χ1) is 12.9. The number of aromatic nitrogens is 4. The summed E-state index contributed by atoms with van der Waals surface area (Å²) in [5, 5.41) is 6.53. The third kappa shape index (κ3) is 4.47. The molecule has 1 aliphatic heterocycles. The van der Waals surface area contributed by atoms with Crippen molar-refractivity contribution < 1.29 is 13.2 Å². The highest BCUT2D eigenvalue weighted by molar-refractivity contribution is 5.80. The topological polar surface area (TPSA) is 74.5 Å². The van der Waals surface area contributed by atoms with E-state index in [9.17, 15) is 13.2 Å². The summed E-state index contributed by atoms with van der Waals surface area (Å²) >= 11 is 0. The molecule has 1 aliphatic rings. The second-order valence-corrected chi connectivity index (χ2v) is 6.10. The average Bonchev–Trinajstić information content (AvgIpc) is 3.05. The van der Waals surface area contributed by atoms with Crippen LogP contribution in [0.3, 0.4) is 0 Å². The second kappa shape index (κ2) is 7.80. The molecular weight excluding hydrogens is 361 g/mol. The van der Waals surface area contributed by atoms with Crippen LogP contribution in [-0.2, 0) is 19.8 Å². The molecule has 1 N–H and O–H groups in total. The molecule has 11 heteroatoms. The lowest BCUT2D eigenvalue weighted by Crippen LogP contribution is -2.52. The number of nitrogens with zero attached hydrogens (tertiary/aromatic N) is 7. The van der Waals surface area contributed by atoms with Crippen molar-refractivity contribution >= 4 is 11.9 Å². The van der Waals surface area contributed by atoms with E-state index in [4.69, 9.17) is 0 Å². The number of aryl methyl sites for hydroxylation is 1. The number of rotatable bonds is 3. The fraction of sp³-hybridized carbons (Fsp3) is 0.500. The van der Waals surface area contributed by atoms with E-state index < -0.39 is 11.9 Å². The number of guanidine groups is 1. The molecule has 0 amide bonds. The zero-order valence-electron chi connectivity index (χ0n) is 15.1. The average molecular weight is 382 g/mol. The molecule has 1 saturated heterocycles. The molecule has 3 rings (SSSR count). The molecule has 3 heterocycles. The minimum Gasteiger partial charge on any atom is -0.352 e. The Morgan fingerprint density at radius 1 is 1.19 bits per heavy atom. The van der Waals surface area contributed by atoms with Gasteiger partial charge in [-0.3, -0.25) is 9.67 Å². The number of alkyl halides is 3. The molecule has 0 spiro atoms. The van der Waals surface area contributed by atoms with E-state index in [1.54, 1.807) is 25.5 Å². The largest absolute Gasteiger partial charge is 0.435 e. The predicted octanol–water partition coefficient (Wildman–Crippen LogP) is 1.13. The van der Waals surface area contributed by atoms with E-state index in [1.807, 2.05) is 4.90 Å². The Balaban J connectivity index is 1.60. The molecule has 0 bridgehead atoms. The van der Waals surface area contributed by atoms with Gasteiger partial charge in [0.2, 0.25) is 5.95 Å². The standard InChI is InChI=1S/C16H21F3N8/c1-20-14(23-10-12-11-25(2)24-13(12)16(17,18)19)26-6-8-27(9-7-26)15-21-4-3-5-22-15/h3-5,11H,6-10H2,1-2H3,(H,20,23). The summed E-state index contributed by atoms with van der Waals surface area (Å²) in [6.45, 7) is 2.72. The maximum atomic E-state index is 13.1. The Morgan fingerprint density at radius 3 is 2.44 bits per heavy atom. The van der Waals surface area contributed by atoms with Gasteiger partial charge in [0.15, 0.2) is 11.7 Å². The molecule has 0 atom stereocenters. The Kier molecular flexibility index (Phi) is 5.47. The molecule has 0 aromatic carbocycles. The summed E-state index contributed by atoms with van der Waals surface area (Å²) in [6, 6.07) is 1.76. The van der Waals surface area contributed by atoms with Crippen molar-refractivity contribution in [2.24, 2.45) is 12.0 Å². The molecule has 0 radical (unpaired) electrons. The van der Waals surface area contributed by atoms with Gasteiger partial charge in [-0.1, -0.05) is 0 Å². The number of halogens is 3. The summed E-state index contributed by atoms with van der Waals surface area (Å²) in [5.41, 5.74) is -0.790. The van der Waals surface area contributed by atoms with Crippen LogP contribution in [0.25, 0.3) is 0 Å². The van der Waals surface area contributed by atoms with Crippen LogP contribution in [0.4, 0.5) is 19.1 Å². The van der Waals surface area contributed by atoms with Crippen molar-refractivity contribution in [1.29, 1.82) is 0 Å². The smallest absolute Gasteiger partial charge is 0.352 e. The zero-order valence-corrected chi connectivity index (χ0v) is 15.1. The predicted molar refractivity (Wildman–Crippen MR) is 94.2 cm³/mol. The van der Waals surface area contributed by atoms with Gasteiger partial charge in [0.1, 0.15) is 0 Å². The second-order valence-electron chi connectivity index (χ2n) is 6.10. The van der Waals surface area contributed by atoms with Crippen LogP contribution in [0.1, 0.15) is 11.3 Å². The first-order valence-electron chi connectivity index (χ1n) is 8.45. The van der Waals surface area contributed by atoms with Crippen LogP contribution in [-0.4, -0.2) is 63.8 Å². The Bertz CT molecular complexity index is 779. The van der Waals surface area contributed by atoms with Gasteiger partial charge < -0.3 is 15.1 Å². The van der Waals surface area contributed by atoms with Gasteiger partial charge in [-0.25, -0.2) is 9.97 Å². The van der Waals surface area contributed by atoms with Gasteiger partial charge in [0.05, 0.1) is 0 Å². The molecule has 0 aliphatic carbocycles. The normalized spacial score (nSPS) is 16.0. The van der Waals surface area contributed by atoms with E-state index in [0.717, 1.165) is 0 Å². The molecule has 0 saturated carbocycles. The molecule has 2 aromatic heterocycles. The van der Waals surface area contributed by atoms with E-state index in [2.05, 4.69) is 30.3 Å². The number of anilines is 1. The fourth-order valence-electron chi connectivity index (χ4n) is 2.98. The molecular formula is C16H21F3N8. The quantitative estimate of drug-likeness (QED) is 0.634. The van der Waals surface area contributed by atoms with Crippen molar-refractivity contribution in [2.45, 2.75) is 12.7 Å². The number of aliphatic imine (C=N–C) groups is 1. The molecule has 146 valence electrons. The Hall–Kier alpha value is -2.85. The summed E-state index contributed by atoms with van der Waals surface area (Å²) in [4.78, 5) is 16.7. The van der Waals surface area contributed by atoms with Gasteiger partial charge in [-0.05, 0) is 6.07 Å². The van der Waals surface area contributed by atoms with Gasteiger partial charge in [0, 0.05) is 71.0 Å². The number of hydrogen-bond donors (Lipinski definition) is 1. The lowest BCUT2D eigenvalue weighted by Gasteiger charge is -2.36. The first kappa shape index (κ1) is 18.9. The highest BCUT2D eigenvalue weighted by atomic mass is 19.4. The lowest BCUT2D eigenvalue weighted by molar-refractivity contribution is -0.142. The number of piperazine rings is 1. The van der Waals surface area contributed by atoms with Crippen LogP contribution >= 0.6 is 0 Å². The van der Waals surface area contributed by atoms with Crippen LogP contribution in [0.5, 0.6) is 0 Å². The van der Waals surface area contributed by atoms with E-state index in [-0.39, 0.29) is 12.1 Å². The van der Waals surface area contributed by atoms with Crippen LogP contribution in [0, 0.1) is 0 Å². The summed E-state index contributed by atoms with van der Waals surface area (Å²) in [7, 11) is 3.08. The molecule has 2 aromatic rings. The van der Waals surface area contributed by atoms with Gasteiger partial charge in [-0.2, -0.15) is 18.3 Å². The highest BCUT2D eigenvalue weighted by Crippen LogP contribution is 2.30. The third-order valence-corrected chi connectivity index (χ3v) is 4.24. The molecule has 0 unspecified atom stereocenters. The monoisotopic (exact) mass is 382 g/mol. The zero-order chi connectivity index (χ0) is 19.4. The maximum absolute atomic E-state index is 13.1. The summed E-state index contributed by atoms with van der Waals surface area (Å²) in [6.07, 6.45) is 0.277. The Labute approximate surface area is 154 Å². The SMILES string of the molecule is CN=C(NCc1cn(C)nc1C(F)(F)F)N1CCN(c2ncccn2)CC1. The number of nitrogens with one attached hydrogen (secondary N) is 1. The molecule has 8 nitrogen and oxygen atoms in total. The van der Waals surface area contributed by atoms with Gasteiger partial charge in [0.25, 0.3) is 0 Å². The fourth-order valence-corrected chi connectivity index (χ4v) is 2.98. The summed E-state index contributed by atoms with van der Waals surface area (Å²) in [5.74, 6) is 1.23. The minimum atomic E-state index is -4.48. The van der Waals surface area contributed by atoms with Crippen molar-refractivity contribution in [1.82, 2.24) is 30.0 Å². The first-order valence-corrected chi connectivity index (χ1v) is 8.45. The summed E-state index contributed by atoms with van der Waals surface area (Å²) < 4.78 is 40.4. The molecule has 1 fully saturated rings. The maximum Gasteiger partial charge on any atom is 0.435 e. The van der Waals surface area contributed by atoms with Gasteiger partial charge >= 0.3 is 6.18 Å². The van der Waals surface area contributed by atoms with E-state index in [0.29, 0.717) is 38.1 Å².